The number of nitrogens with zero attached hydrogens (tertiary/aromatic N) is 3. The molecule has 1 aromatic heterocycles. The average Bonchev–Trinajstić information content (AvgIpc) is 3.45. The first-order chi connectivity index (χ1) is 14.7. The fourth-order valence-corrected chi connectivity index (χ4v) is 3.83. The molecule has 2 atom stereocenters. The summed E-state index contributed by atoms with van der Waals surface area (Å²) in [4.78, 5) is 14.6. The van der Waals surface area contributed by atoms with Crippen LogP contribution in [-0.4, -0.2) is 40.7 Å². The van der Waals surface area contributed by atoms with Crippen molar-refractivity contribution >= 4 is 5.91 Å². The van der Waals surface area contributed by atoms with Gasteiger partial charge in [0.1, 0.15) is 28.6 Å². The van der Waals surface area contributed by atoms with E-state index in [4.69, 9.17) is 9.47 Å². The molecule has 1 aliphatic rings. The molecule has 156 valence electrons. The molecule has 1 heterocycles. The van der Waals surface area contributed by atoms with Crippen molar-refractivity contribution in [1.29, 1.82) is 0 Å². The van der Waals surface area contributed by atoms with Crippen LogP contribution in [0.5, 0.6) is 11.5 Å². The molecule has 1 fully saturated rings. The third-order valence-corrected chi connectivity index (χ3v) is 5.34. The molecule has 1 saturated carbocycles. The van der Waals surface area contributed by atoms with Crippen LogP contribution in [-0.2, 0) is 0 Å². The van der Waals surface area contributed by atoms with E-state index < -0.39 is 0 Å². The maximum Gasteiger partial charge on any atom is 0.257 e. The molecule has 4 rings (SSSR count). The number of carbonyl (C=O) groups is 1. The highest BCUT2D eigenvalue weighted by molar-refractivity contribution is 6.00. The number of nitrogens with one attached hydrogen (secondary N) is 1. The summed E-state index contributed by atoms with van der Waals surface area (Å²) in [6.07, 6.45) is 5.93. The van der Waals surface area contributed by atoms with Gasteiger partial charge in [-0.25, -0.2) is 4.39 Å². The number of carbonyl (C=O) groups excluding carboxylic acids is 1. The molecule has 7 nitrogen and oxygen atoms in total. The van der Waals surface area contributed by atoms with E-state index in [0.717, 1.165) is 19.3 Å². The number of halogens is 1. The van der Waals surface area contributed by atoms with Crippen molar-refractivity contribution in [1.82, 2.24) is 20.3 Å². The normalized spacial score (nSPS) is 18.2. The zero-order valence-corrected chi connectivity index (χ0v) is 16.6. The van der Waals surface area contributed by atoms with Gasteiger partial charge in [-0.05, 0) is 49.2 Å². The molecule has 3 aromatic rings. The van der Waals surface area contributed by atoms with Crippen molar-refractivity contribution in [3.8, 4) is 17.2 Å². The van der Waals surface area contributed by atoms with Gasteiger partial charge < -0.3 is 14.8 Å². The van der Waals surface area contributed by atoms with E-state index in [0.29, 0.717) is 29.4 Å². The number of benzene rings is 2. The number of rotatable bonds is 7. The number of amides is 1. The molecule has 1 N–H and O–H groups in total. The van der Waals surface area contributed by atoms with E-state index in [9.17, 15) is 9.18 Å². The van der Waals surface area contributed by atoms with Gasteiger partial charge in [0.15, 0.2) is 0 Å². The zero-order valence-electron chi connectivity index (χ0n) is 16.6. The van der Waals surface area contributed by atoms with Gasteiger partial charge in [0, 0.05) is 12.0 Å². The maximum atomic E-state index is 13.2. The van der Waals surface area contributed by atoms with Crippen LogP contribution in [0.1, 0.15) is 29.6 Å². The zero-order chi connectivity index (χ0) is 20.9. The van der Waals surface area contributed by atoms with Gasteiger partial charge in [0.05, 0.1) is 26.1 Å². The minimum Gasteiger partial charge on any atom is -0.496 e. The quantitative estimate of drug-likeness (QED) is 0.646. The van der Waals surface area contributed by atoms with E-state index in [1.54, 1.807) is 42.7 Å². The summed E-state index contributed by atoms with van der Waals surface area (Å²) >= 11 is 0. The lowest BCUT2D eigenvalue weighted by molar-refractivity contribution is 0.0915. The molecule has 1 amide bonds. The molecule has 0 bridgehead atoms. The van der Waals surface area contributed by atoms with Crippen molar-refractivity contribution in [2.45, 2.75) is 25.3 Å². The van der Waals surface area contributed by atoms with Gasteiger partial charge >= 0.3 is 0 Å². The first-order valence-electron chi connectivity index (χ1n) is 9.88. The Morgan fingerprint density at radius 2 is 1.93 bits per heavy atom. The number of methoxy groups -OCH3 is 1. The van der Waals surface area contributed by atoms with E-state index in [2.05, 4.69) is 15.5 Å². The van der Waals surface area contributed by atoms with Gasteiger partial charge in [-0.1, -0.05) is 12.5 Å². The highest BCUT2D eigenvalue weighted by atomic mass is 19.1. The van der Waals surface area contributed by atoms with Gasteiger partial charge in [0.2, 0.25) is 0 Å². The lowest BCUT2D eigenvalue weighted by atomic mass is 10.0. The van der Waals surface area contributed by atoms with Crippen LogP contribution in [0.3, 0.4) is 0 Å². The molecule has 8 heteroatoms. The van der Waals surface area contributed by atoms with Gasteiger partial charge in [-0.15, -0.1) is 0 Å². The molecule has 2 aromatic carbocycles. The Labute approximate surface area is 173 Å². The number of aromatic nitrogens is 3. The minimum atomic E-state index is -0.298. The van der Waals surface area contributed by atoms with Crippen LogP contribution in [0, 0.1) is 11.7 Å². The summed E-state index contributed by atoms with van der Waals surface area (Å²) in [6.45, 7) is 0.454. The predicted octanol–water partition coefficient (Wildman–Crippen LogP) is 3.39. The second-order valence-corrected chi connectivity index (χ2v) is 7.21. The Hall–Kier alpha value is -3.42. The van der Waals surface area contributed by atoms with Gasteiger partial charge in [-0.2, -0.15) is 15.0 Å². The summed E-state index contributed by atoms with van der Waals surface area (Å²) in [6, 6.07) is 11.2. The SMILES string of the molecule is COc1cccc(-n2nccn2)c1C(=O)N[C@H]1CCC[C@@H]1COc1ccc(F)cc1. The van der Waals surface area contributed by atoms with E-state index >= 15 is 0 Å². The lowest BCUT2D eigenvalue weighted by Gasteiger charge is -2.22. The van der Waals surface area contributed by atoms with Crippen LogP contribution in [0.2, 0.25) is 0 Å². The Morgan fingerprint density at radius 3 is 2.67 bits per heavy atom. The predicted molar refractivity (Wildman–Crippen MR) is 108 cm³/mol. The average molecular weight is 410 g/mol. The molecular weight excluding hydrogens is 387 g/mol. The third kappa shape index (κ3) is 4.27. The van der Waals surface area contributed by atoms with E-state index in [1.807, 2.05) is 0 Å². The molecule has 1 aliphatic carbocycles. The fourth-order valence-electron chi connectivity index (χ4n) is 3.83. The van der Waals surface area contributed by atoms with E-state index in [1.165, 1.54) is 24.0 Å². The minimum absolute atomic E-state index is 0.0266. The molecule has 0 saturated heterocycles. The maximum absolute atomic E-state index is 13.2. The standard InChI is InChI=1S/C22H23FN4O3/c1-29-20-7-3-6-19(27-24-12-13-25-27)21(20)22(28)26-18-5-2-4-15(18)14-30-17-10-8-16(23)9-11-17/h3,6-13,15,18H,2,4-5,14H2,1H3,(H,26,28)/t15-,18+/m1/s1. The van der Waals surface area contributed by atoms with Crippen molar-refractivity contribution in [2.24, 2.45) is 5.92 Å². The first-order valence-corrected chi connectivity index (χ1v) is 9.88. The molecule has 0 radical (unpaired) electrons. The summed E-state index contributed by atoms with van der Waals surface area (Å²) in [5, 5.41) is 11.4. The molecule has 30 heavy (non-hydrogen) atoms. The smallest absolute Gasteiger partial charge is 0.257 e. The van der Waals surface area contributed by atoms with E-state index in [-0.39, 0.29) is 23.7 Å². The molecule has 0 unspecified atom stereocenters. The topological polar surface area (TPSA) is 78.3 Å². The Morgan fingerprint density at radius 1 is 1.17 bits per heavy atom. The second-order valence-electron chi connectivity index (χ2n) is 7.21. The van der Waals surface area contributed by atoms with Gasteiger partial charge in [-0.3, -0.25) is 4.79 Å². The van der Waals surface area contributed by atoms with Crippen molar-refractivity contribution < 1.29 is 18.7 Å². The lowest BCUT2D eigenvalue weighted by Crippen LogP contribution is -2.40. The Balaban J connectivity index is 1.48. The van der Waals surface area contributed by atoms with Crippen molar-refractivity contribution in [3.63, 3.8) is 0 Å². The highest BCUT2D eigenvalue weighted by Gasteiger charge is 2.31. The Bertz CT molecular complexity index is 992. The number of ether oxygens (including phenoxy) is 2. The van der Waals surface area contributed by atoms with Crippen LogP contribution in [0.25, 0.3) is 5.69 Å². The summed E-state index contributed by atoms with van der Waals surface area (Å²) < 4.78 is 24.3. The fraction of sp³-hybridized carbons (Fsp3) is 0.318. The number of hydrogen-bond acceptors (Lipinski definition) is 5. The molecule has 0 aliphatic heterocycles. The molecular formula is C22H23FN4O3. The summed E-state index contributed by atoms with van der Waals surface area (Å²) in [7, 11) is 1.53. The van der Waals surface area contributed by atoms with Crippen molar-refractivity contribution in [3.05, 3.63) is 66.2 Å². The third-order valence-electron chi connectivity index (χ3n) is 5.34. The van der Waals surface area contributed by atoms with Crippen LogP contribution in [0.15, 0.2) is 54.9 Å². The van der Waals surface area contributed by atoms with Gasteiger partial charge in [0.25, 0.3) is 5.91 Å². The second kappa shape index (κ2) is 8.94. The van der Waals surface area contributed by atoms with Crippen LogP contribution in [0.4, 0.5) is 4.39 Å². The highest BCUT2D eigenvalue weighted by Crippen LogP contribution is 2.29. The summed E-state index contributed by atoms with van der Waals surface area (Å²) in [5.74, 6) is 0.704. The largest absolute Gasteiger partial charge is 0.496 e. The van der Waals surface area contributed by atoms with Crippen LogP contribution >= 0.6 is 0 Å². The van der Waals surface area contributed by atoms with Crippen LogP contribution < -0.4 is 14.8 Å². The number of hydrogen-bond donors (Lipinski definition) is 1. The monoisotopic (exact) mass is 410 g/mol. The summed E-state index contributed by atoms with van der Waals surface area (Å²) in [5.41, 5.74) is 0.940. The Kier molecular flexibility index (Phi) is 5.92. The first kappa shape index (κ1) is 19.9. The van der Waals surface area contributed by atoms with Crippen molar-refractivity contribution in [2.75, 3.05) is 13.7 Å². The molecule has 0 spiro atoms.